The van der Waals surface area contributed by atoms with Gasteiger partial charge in [-0.15, -0.1) is 0 Å². The molecule has 2 aliphatic rings. The molecule has 0 spiro atoms. The van der Waals surface area contributed by atoms with Gasteiger partial charge in [0.1, 0.15) is 5.72 Å². The number of allylic oxidation sites excluding steroid dienone is 2. The van der Waals surface area contributed by atoms with Crippen LogP contribution in [0.2, 0.25) is 0 Å². The summed E-state index contributed by atoms with van der Waals surface area (Å²) in [6.45, 7) is 2.18. The molecule has 2 fully saturated rings. The highest BCUT2D eigenvalue weighted by atomic mass is 16.5. The molecule has 0 radical (unpaired) electrons. The van der Waals surface area contributed by atoms with Crippen LogP contribution in [0.3, 0.4) is 0 Å². The molecule has 1 saturated carbocycles. The van der Waals surface area contributed by atoms with Crippen molar-refractivity contribution in [2.45, 2.75) is 102 Å². The third-order valence-electron chi connectivity index (χ3n) is 6.40. The standard InChI is InChI=1S/C22H39NO4/c1-3-4-10-14-22(26)15-13-17-18(20(24)16-19(17)23-22)11-8-6-5-7-9-12-21(25)27-2/h6,8,17-20,23-24,26H,3-5,7,9-16H2,1-2H3/b8-6-/t17-,18?,19-,20+,22?/m1/s1. The Kier molecular flexibility index (Phi) is 9.27. The van der Waals surface area contributed by atoms with Gasteiger partial charge in [0.25, 0.3) is 0 Å². The third kappa shape index (κ3) is 6.88. The predicted octanol–water partition coefficient (Wildman–Crippen LogP) is 3.68. The second-order valence-corrected chi connectivity index (χ2v) is 8.44. The van der Waals surface area contributed by atoms with Crippen LogP contribution in [-0.2, 0) is 9.53 Å². The maximum atomic E-state index is 11.1. The molecule has 156 valence electrons. The van der Waals surface area contributed by atoms with E-state index in [0.717, 1.165) is 70.6 Å². The highest BCUT2D eigenvalue weighted by Gasteiger charge is 2.48. The fraction of sp³-hybridized carbons (Fsp3) is 0.864. The summed E-state index contributed by atoms with van der Waals surface area (Å²) in [5.74, 6) is 0.600. The number of hydrogen-bond donors (Lipinski definition) is 3. The van der Waals surface area contributed by atoms with Gasteiger partial charge in [-0.2, -0.15) is 0 Å². The lowest BCUT2D eigenvalue weighted by molar-refractivity contribution is -0.140. The van der Waals surface area contributed by atoms with E-state index in [1.807, 2.05) is 0 Å². The summed E-state index contributed by atoms with van der Waals surface area (Å²) >= 11 is 0. The van der Waals surface area contributed by atoms with Crippen molar-refractivity contribution in [1.29, 1.82) is 0 Å². The summed E-state index contributed by atoms with van der Waals surface area (Å²) < 4.78 is 4.64. The number of rotatable bonds is 11. The minimum Gasteiger partial charge on any atom is -0.469 e. The van der Waals surface area contributed by atoms with Crippen molar-refractivity contribution in [1.82, 2.24) is 5.32 Å². The van der Waals surface area contributed by atoms with Gasteiger partial charge in [-0.1, -0.05) is 31.9 Å². The highest BCUT2D eigenvalue weighted by molar-refractivity contribution is 5.68. The molecule has 0 amide bonds. The second kappa shape index (κ2) is 11.2. The monoisotopic (exact) mass is 381 g/mol. The quantitative estimate of drug-likeness (QED) is 0.289. The Labute approximate surface area is 164 Å². The van der Waals surface area contributed by atoms with Gasteiger partial charge in [0.2, 0.25) is 0 Å². The fourth-order valence-corrected chi connectivity index (χ4v) is 4.80. The zero-order valence-corrected chi connectivity index (χ0v) is 17.2. The van der Waals surface area contributed by atoms with Gasteiger partial charge in [0, 0.05) is 12.5 Å². The average molecular weight is 382 g/mol. The minimum absolute atomic E-state index is 0.140. The molecule has 2 rings (SSSR count). The molecule has 1 saturated heterocycles. The molecule has 5 heteroatoms. The van der Waals surface area contributed by atoms with Crippen molar-refractivity contribution in [3.63, 3.8) is 0 Å². The topological polar surface area (TPSA) is 78.8 Å². The van der Waals surface area contributed by atoms with Crippen LogP contribution in [0.5, 0.6) is 0 Å². The maximum Gasteiger partial charge on any atom is 0.305 e. The zero-order chi connectivity index (χ0) is 19.7. The summed E-state index contributed by atoms with van der Waals surface area (Å²) in [5, 5.41) is 24.8. The van der Waals surface area contributed by atoms with Crippen molar-refractivity contribution in [3.05, 3.63) is 12.2 Å². The van der Waals surface area contributed by atoms with Crippen LogP contribution in [0.4, 0.5) is 0 Å². The lowest BCUT2D eigenvalue weighted by atomic mass is 9.80. The summed E-state index contributed by atoms with van der Waals surface area (Å²) in [4.78, 5) is 11.1. The van der Waals surface area contributed by atoms with E-state index in [2.05, 4.69) is 29.1 Å². The molecule has 27 heavy (non-hydrogen) atoms. The van der Waals surface area contributed by atoms with Gasteiger partial charge in [0.15, 0.2) is 0 Å². The average Bonchev–Trinajstić information content (AvgIpc) is 2.94. The number of aliphatic hydroxyl groups is 2. The maximum absolute atomic E-state index is 11.1. The second-order valence-electron chi connectivity index (χ2n) is 8.44. The van der Waals surface area contributed by atoms with E-state index in [0.29, 0.717) is 12.3 Å². The predicted molar refractivity (Wildman–Crippen MR) is 107 cm³/mol. The van der Waals surface area contributed by atoms with Gasteiger partial charge in [-0.05, 0) is 69.6 Å². The zero-order valence-electron chi connectivity index (χ0n) is 17.2. The molecular formula is C22H39NO4. The largest absolute Gasteiger partial charge is 0.469 e. The Morgan fingerprint density at radius 2 is 2.07 bits per heavy atom. The van der Waals surface area contributed by atoms with Gasteiger partial charge >= 0.3 is 5.97 Å². The highest BCUT2D eigenvalue weighted by Crippen LogP contribution is 2.43. The Morgan fingerprint density at radius 3 is 2.81 bits per heavy atom. The van der Waals surface area contributed by atoms with Crippen LogP contribution >= 0.6 is 0 Å². The Balaban J connectivity index is 1.72. The first kappa shape index (κ1) is 22.4. The molecule has 3 N–H and O–H groups in total. The van der Waals surface area contributed by atoms with Crippen LogP contribution in [0.25, 0.3) is 0 Å². The number of esters is 1. The van der Waals surface area contributed by atoms with Crippen molar-refractivity contribution in [2.24, 2.45) is 11.8 Å². The van der Waals surface area contributed by atoms with Gasteiger partial charge in [-0.25, -0.2) is 0 Å². The Bertz CT molecular complexity index is 481. The van der Waals surface area contributed by atoms with E-state index >= 15 is 0 Å². The molecule has 1 aliphatic carbocycles. The summed E-state index contributed by atoms with van der Waals surface area (Å²) in [6.07, 6.45) is 15.0. The number of nitrogens with one attached hydrogen (secondary N) is 1. The smallest absolute Gasteiger partial charge is 0.305 e. The minimum atomic E-state index is -0.736. The molecular weight excluding hydrogens is 342 g/mol. The van der Waals surface area contributed by atoms with Crippen molar-refractivity contribution in [2.75, 3.05) is 7.11 Å². The number of fused-ring (bicyclic) bond motifs is 1. The Morgan fingerprint density at radius 1 is 1.26 bits per heavy atom. The molecule has 0 aromatic carbocycles. The van der Waals surface area contributed by atoms with Gasteiger partial charge in [0.05, 0.1) is 13.2 Å². The lowest BCUT2D eigenvalue weighted by Gasteiger charge is -2.41. The van der Waals surface area contributed by atoms with E-state index in [1.54, 1.807) is 0 Å². The summed E-state index contributed by atoms with van der Waals surface area (Å²) in [6, 6.07) is 0.235. The summed E-state index contributed by atoms with van der Waals surface area (Å²) in [5.41, 5.74) is -0.736. The number of methoxy groups -OCH3 is 1. The molecule has 1 aliphatic heterocycles. The summed E-state index contributed by atoms with van der Waals surface area (Å²) in [7, 11) is 1.43. The van der Waals surface area contributed by atoms with E-state index in [4.69, 9.17) is 0 Å². The number of carbonyl (C=O) groups is 1. The first-order chi connectivity index (χ1) is 13.0. The normalized spacial score (nSPS) is 33.3. The first-order valence-corrected chi connectivity index (χ1v) is 10.9. The molecule has 0 aromatic rings. The number of piperidine rings is 1. The van der Waals surface area contributed by atoms with Crippen molar-refractivity contribution >= 4 is 5.97 Å². The van der Waals surface area contributed by atoms with Crippen molar-refractivity contribution < 1.29 is 19.7 Å². The van der Waals surface area contributed by atoms with Crippen LogP contribution in [0.15, 0.2) is 12.2 Å². The number of unbranched alkanes of at least 4 members (excludes halogenated alkanes) is 4. The molecule has 1 heterocycles. The molecule has 5 nitrogen and oxygen atoms in total. The van der Waals surface area contributed by atoms with Crippen LogP contribution in [0.1, 0.15) is 84.0 Å². The molecule has 0 bridgehead atoms. The van der Waals surface area contributed by atoms with Crippen LogP contribution in [0, 0.1) is 11.8 Å². The Hall–Kier alpha value is -0.910. The van der Waals surface area contributed by atoms with Crippen LogP contribution in [-0.4, -0.2) is 41.2 Å². The number of carbonyl (C=O) groups excluding carboxylic acids is 1. The van der Waals surface area contributed by atoms with Gasteiger partial charge in [-0.3, -0.25) is 10.1 Å². The van der Waals surface area contributed by atoms with Crippen molar-refractivity contribution in [3.8, 4) is 0 Å². The van der Waals surface area contributed by atoms with E-state index in [9.17, 15) is 15.0 Å². The third-order valence-corrected chi connectivity index (χ3v) is 6.40. The molecule has 5 atom stereocenters. The number of ether oxygens (including phenoxy) is 1. The fourth-order valence-electron chi connectivity index (χ4n) is 4.80. The SMILES string of the molecule is CCCCCC1(O)CC[C@@H]2C(C/C=C\CCCCC(=O)OC)[C@@H](O)C[C@H]2N1. The number of aliphatic hydroxyl groups excluding tert-OH is 1. The van der Waals surface area contributed by atoms with E-state index in [1.165, 1.54) is 7.11 Å². The molecule has 2 unspecified atom stereocenters. The van der Waals surface area contributed by atoms with Crippen LogP contribution < -0.4 is 5.32 Å². The van der Waals surface area contributed by atoms with E-state index < -0.39 is 5.72 Å². The first-order valence-electron chi connectivity index (χ1n) is 10.9. The molecule has 0 aromatic heterocycles. The number of hydrogen-bond acceptors (Lipinski definition) is 5. The lowest BCUT2D eigenvalue weighted by Crippen LogP contribution is -2.56. The van der Waals surface area contributed by atoms with Gasteiger partial charge < -0.3 is 14.9 Å². The van der Waals surface area contributed by atoms with E-state index in [-0.39, 0.29) is 24.0 Å².